The number of nitrogens with zero attached hydrogens (tertiary/aromatic N) is 3. The van der Waals surface area contributed by atoms with E-state index >= 15 is 0 Å². The van der Waals surface area contributed by atoms with Gasteiger partial charge in [0.05, 0.1) is 20.1 Å². The van der Waals surface area contributed by atoms with Crippen LogP contribution in [0.3, 0.4) is 0 Å². The molecule has 1 aromatic heterocycles. The molecule has 0 saturated carbocycles. The number of aromatic nitrogens is 2. The van der Waals surface area contributed by atoms with Crippen LogP contribution in [0.5, 0.6) is 0 Å². The molecule has 33 heavy (non-hydrogen) atoms. The van der Waals surface area contributed by atoms with Crippen molar-refractivity contribution in [2.75, 3.05) is 26.7 Å². The van der Waals surface area contributed by atoms with E-state index in [9.17, 15) is 9.90 Å². The highest BCUT2D eigenvalue weighted by atomic mass is 16.6. The standard InChI is InChI=1S/C27H32N3O3/c1-30(16-8-10-22-18-28-21-29-19-22)17-9-15-25(30)20-33-26(31)27(32,23-11-4-2-5-12-23)24-13-6-3-7-14-24/h2-7,11-14,18-19,21,25,32H,8-10,15-17,20H2,1H3/q+1/t25-,30?/m1/s1. The van der Waals surface area contributed by atoms with Crippen molar-refractivity contribution in [1.29, 1.82) is 0 Å². The van der Waals surface area contributed by atoms with Crippen molar-refractivity contribution in [3.8, 4) is 0 Å². The lowest BCUT2D eigenvalue weighted by atomic mass is 9.86. The first kappa shape index (κ1) is 23.1. The Morgan fingerprint density at radius 2 is 1.67 bits per heavy atom. The molecule has 1 unspecified atom stereocenters. The van der Waals surface area contributed by atoms with Crippen molar-refractivity contribution in [2.24, 2.45) is 0 Å². The SMILES string of the molecule is C[N+]1(CCCc2cncnc2)CCC[C@@H]1COC(=O)C(O)(c1ccccc1)c1ccccc1. The minimum absolute atomic E-state index is 0.219. The molecule has 2 heterocycles. The number of quaternary nitrogens is 1. The number of aliphatic hydroxyl groups is 1. The van der Waals surface area contributed by atoms with Crippen molar-refractivity contribution in [1.82, 2.24) is 9.97 Å². The zero-order valence-corrected chi connectivity index (χ0v) is 19.1. The van der Waals surface area contributed by atoms with Gasteiger partial charge in [0.2, 0.25) is 5.60 Å². The Morgan fingerprint density at radius 1 is 1.06 bits per heavy atom. The topological polar surface area (TPSA) is 72.3 Å². The van der Waals surface area contributed by atoms with E-state index in [0.717, 1.165) is 48.8 Å². The van der Waals surface area contributed by atoms with Gasteiger partial charge >= 0.3 is 5.97 Å². The minimum atomic E-state index is -1.84. The van der Waals surface area contributed by atoms with E-state index < -0.39 is 11.6 Å². The number of hydrogen-bond acceptors (Lipinski definition) is 5. The molecule has 0 radical (unpaired) electrons. The molecule has 3 aromatic rings. The highest BCUT2D eigenvalue weighted by Crippen LogP contribution is 2.32. The van der Waals surface area contributed by atoms with Crippen LogP contribution in [0.2, 0.25) is 0 Å². The van der Waals surface area contributed by atoms with Gasteiger partial charge in [-0.3, -0.25) is 0 Å². The molecule has 1 aliphatic heterocycles. The van der Waals surface area contributed by atoms with Crippen molar-refractivity contribution < 1.29 is 19.1 Å². The predicted octanol–water partition coefficient (Wildman–Crippen LogP) is 3.50. The molecule has 1 N–H and O–H groups in total. The van der Waals surface area contributed by atoms with Gasteiger partial charge in [-0.25, -0.2) is 14.8 Å². The van der Waals surface area contributed by atoms with E-state index in [4.69, 9.17) is 4.74 Å². The number of carbonyl (C=O) groups excluding carboxylic acids is 1. The van der Waals surface area contributed by atoms with Crippen LogP contribution >= 0.6 is 0 Å². The number of esters is 1. The Labute approximate surface area is 195 Å². The number of ether oxygens (including phenoxy) is 1. The highest BCUT2D eigenvalue weighted by molar-refractivity contribution is 5.85. The number of aryl methyl sites for hydroxylation is 1. The summed E-state index contributed by atoms with van der Waals surface area (Å²) in [5, 5.41) is 11.6. The summed E-state index contributed by atoms with van der Waals surface area (Å²) in [5.74, 6) is -0.625. The van der Waals surface area contributed by atoms with Crippen LogP contribution in [0.1, 0.15) is 36.0 Å². The van der Waals surface area contributed by atoms with Gasteiger partial charge in [0, 0.05) is 31.7 Å². The molecule has 0 spiro atoms. The summed E-state index contributed by atoms with van der Waals surface area (Å²) in [6.07, 6.45) is 9.35. The fraction of sp³-hybridized carbons (Fsp3) is 0.370. The van der Waals surface area contributed by atoms with Gasteiger partial charge < -0.3 is 14.3 Å². The van der Waals surface area contributed by atoms with Crippen LogP contribution in [0, 0.1) is 0 Å². The largest absolute Gasteiger partial charge is 0.457 e. The van der Waals surface area contributed by atoms with E-state index in [-0.39, 0.29) is 6.04 Å². The van der Waals surface area contributed by atoms with E-state index in [1.54, 1.807) is 30.6 Å². The quantitative estimate of drug-likeness (QED) is 0.402. The lowest BCUT2D eigenvalue weighted by Crippen LogP contribution is -2.51. The third-order valence-corrected chi connectivity index (χ3v) is 6.92. The summed E-state index contributed by atoms with van der Waals surface area (Å²) < 4.78 is 6.71. The fourth-order valence-electron chi connectivity index (χ4n) is 4.88. The van der Waals surface area contributed by atoms with Gasteiger partial charge in [-0.15, -0.1) is 0 Å². The molecular formula is C27H32N3O3+. The number of hydrogen-bond donors (Lipinski definition) is 1. The Balaban J connectivity index is 1.43. The maximum atomic E-state index is 13.3. The van der Waals surface area contributed by atoms with E-state index in [1.165, 1.54) is 0 Å². The predicted molar refractivity (Wildman–Crippen MR) is 126 cm³/mol. The molecule has 0 aliphatic carbocycles. The second-order valence-corrected chi connectivity index (χ2v) is 9.11. The molecule has 2 atom stereocenters. The van der Waals surface area contributed by atoms with Gasteiger partial charge in [0.1, 0.15) is 19.0 Å². The van der Waals surface area contributed by atoms with Crippen molar-refractivity contribution in [3.63, 3.8) is 0 Å². The number of carbonyl (C=O) groups is 1. The number of rotatable bonds is 9. The van der Waals surface area contributed by atoms with Gasteiger partial charge in [-0.2, -0.15) is 0 Å². The number of likely N-dealkylation sites (N-methyl/N-ethyl adjacent to an activating group) is 1. The van der Waals surface area contributed by atoms with Crippen molar-refractivity contribution in [3.05, 3.63) is 96.1 Å². The van der Waals surface area contributed by atoms with Crippen LogP contribution in [0.15, 0.2) is 79.4 Å². The first-order valence-corrected chi connectivity index (χ1v) is 11.6. The maximum Gasteiger partial charge on any atom is 0.347 e. The zero-order valence-electron chi connectivity index (χ0n) is 19.1. The van der Waals surface area contributed by atoms with Crippen LogP contribution in [-0.2, 0) is 21.6 Å². The van der Waals surface area contributed by atoms with Crippen LogP contribution in [-0.4, -0.2) is 58.3 Å². The Hall–Kier alpha value is -3.09. The summed E-state index contributed by atoms with van der Waals surface area (Å²) in [6.45, 7) is 2.36. The molecule has 4 rings (SSSR count). The highest BCUT2D eigenvalue weighted by Gasteiger charge is 2.44. The van der Waals surface area contributed by atoms with Crippen LogP contribution < -0.4 is 0 Å². The summed E-state index contributed by atoms with van der Waals surface area (Å²) in [7, 11) is 2.24. The number of likely N-dealkylation sites (tertiary alicyclic amines) is 1. The van der Waals surface area contributed by atoms with Gasteiger partial charge in [-0.05, 0) is 23.1 Å². The second-order valence-electron chi connectivity index (χ2n) is 9.11. The van der Waals surface area contributed by atoms with Crippen molar-refractivity contribution in [2.45, 2.75) is 37.3 Å². The molecule has 0 amide bonds. The average molecular weight is 447 g/mol. The molecule has 6 heteroatoms. The van der Waals surface area contributed by atoms with Crippen LogP contribution in [0.4, 0.5) is 0 Å². The monoisotopic (exact) mass is 446 g/mol. The van der Waals surface area contributed by atoms with Gasteiger partial charge in [-0.1, -0.05) is 60.7 Å². The molecule has 172 valence electrons. The number of benzene rings is 2. The third kappa shape index (κ3) is 5.13. The molecule has 1 fully saturated rings. The zero-order chi connectivity index (χ0) is 23.2. The Bertz CT molecular complexity index is 991. The normalized spacial score (nSPS) is 20.5. The smallest absolute Gasteiger partial charge is 0.347 e. The lowest BCUT2D eigenvalue weighted by molar-refractivity contribution is -0.921. The molecule has 2 aromatic carbocycles. The molecule has 1 saturated heterocycles. The van der Waals surface area contributed by atoms with Gasteiger partial charge in [0.25, 0.3) is 0 Å². The Morgan fingerprint density at radius 3 is 2.27 bits per heavy atom. The fourth-order valence-corrected chi connectivity index (χ4v) is 4.88. The first-order valence-electron chi connectivity index (χ1n) is 11.6. The average Bonchev–Trinajstić information content (AvgIpc) is 3.23. The molecule has 0 bridgehead atoms. The summed E-state index contributed by atoms with van der Waals surface area (Å²) in [4.78, 5) is 21.5. The lowest BCUT2D eigenvalue weighted by Gasteiger charge is -2.36. The summed E-state index contributed by atoms with van der Waals surface area (Å²) in [5.41, 5.74) is 0.324. The Kier molecular flexibility index (Phi) is 7.16. The summed E-state index contributed by atoms with van der Waals surface area (Å²) >= 11 is 0. The van der Waals surface area contributed by atoms with E-state index in [0.29, 0.717) is 17.7 Å². The third-order valence-electron chi connectivity index (χ3n) is 6.92. The van der Waals surface area contributed by atoms with E-state index in [2.05, 4.69) is 17.0 Å². The van der Waals surface area contributed by atoms with Crippen LogP contribution in [0.25, 0.3) is 0 Å². The molecular weight excluding hydrogens is 414 g/mol. The first-order chi connectivity index (χ1) is 16.0. The van der Waals surface area contributed by atoms with Gasteiger partial charge in [0.15, 0.2) is 0 Å². The maximum absolute atomic E-state index is 13.3. The molecule has 1 aliphatic rings. The second kappa shape index (κ2) is 10.2. The molecule has 6 nitrogen and oxygen atoms in total. The van der Waals surface area contributed by atoms with E-state index in [1.807, 2.05) is 48.8 Å². The van der Waals surface area contributed by atoms with Crippen molar-refractivity contribution >= 4 is 5.97 Å². The minimum Gasteiger partial charge on any atom is -0.457 e. The summed E-state index contributed by atoms with van der Waals surface area (Å²) in [6, 6.07) is 18.3.